The molecule has 158 valence electrons. The van der Waals surface area contributed by atoms with Gasteiger partial charge in [0.15, 0.2) is 0 Å². The average Bonchev–Trinajstić information content (AvgIpc) is 2.81. The Labute approximate surface area is 181 Å². The largest absolute Gasteiger partial charge is 0.497 e. The summed E-state index contributed by atoms with van der Waals surface area (Å²) in [6.45, 7) is 0. The van der Waals surface area contributed by atoms with Crippen molar-refractivity contribution in [2.24, 2.45) is 0 Å². The number of Topliss-reactive ketones (excluding diaryl/α,β-unsaturated/α-hetero) is 1. The number of rotatable bonds is 9. The highest BCUT2D eigenvalue weighted by Gasteiger charge is 2.28. The number of benzene rings is 3. The van der Waals surface area contributed by atoms with Crippen LogP contribution in [0, 0.1) is 11.2 Å². The predicted molar refractivity (Wildman–Crippen MR) is 121 cm³/mol. The van der Waals surface area contributed by atoms with Crippen LogP contribution in [0.25, 0.3) is 5.57 Å². The van der Waals surface area contributed by atoms with Crippen molar-refractivity contribution in [3.8, 4) is 5.75 Å². The number of hydrogen-bond donors (Lipinski definition) is 3. The summed E-state index contributed by atoms with van der Waals surface area (Å²) in [6.07, 6.45) is 1.66. The highest BCUT2D eigenvalue weighted by Crippen LogP contribution is 2.26. The maximum absolute atomic E-state index is 13.8. The predicted octanol–water partition coefficient (Wildman–Crippen LogP) is 3.81. The van der Waals surface area contributed by atoms with Gasteiger partial charge in [0.25, 0.3) is 0 Å². The number of carbonyl (C=O) groups excluding carboxylic acids is 1. The molecule has 0 aromatic heterocycles. The molecular formula is C25H25FN3O2+. The third-order valence-corrected chi connectivity index (χ3v) is 4.76. The lowest BCUT2D eigenvalue weighted by molar-refractivity contribution is -0.555. The molecule has 4 N–H and O–H groups in total. The topological polar surface area (TPSA) is 78.8 Å². The fourth-order valence-corrected chi connectivity index (χ4v) is 3.25. The van der Waals surface area contributed by atoms with E-state index >= 15 is 0 Å². The van der Waals surface area contributed by atoms with Gasteiger partial charge in [-0.2, -0.15) is 0 Å². The van der Waals surface area contributed by atoms with Crippen molar-refractivity contribution in [3.63, 3.8) is 0 Å². The molecule has 0 bridgehead atoms. The molecule has 0 heterocycles. The molecule has 0 spiro atoms. The maximum atomic E-state index is 13.8. The fraction of sp³-hybridized carbons (Fsp3) is 0.120. The third-order valence-electron chi connectivity index (χ3n) is 4.76. The van der Waals surface area contributed by atoms with Crippen molar-refractivity contribution in [3.05, 3.63) is 102 Å². The zero-order chi connectivity index (χ0) is 22.2. The number of nitrogens with one attached hydrogen (secondary N) is 2. The minimum atomic E-state index is -0.797. The molecule has 1 unspecified atom stereocenters. The lowest BCUT2D eigenvalue weighted by Gasteiger charge is -2.21. The van der Waals surface area contributed by atoms with Crippen LogP contribution in [0.5, 0.6) is 5.75 Å². The van der Waals surface area contributed by atoms with Gasteiger partial charge in [-0.3, -0.25) is 10.2 Å². The smallest absolute Gasteiger partial charge is 0.207 e. The number of methoxy groups -OCH3 is 1. The van der Waals surface area contributed by atoms with E-state index < -0.39 is 17.6 Å². The van der Waals surface area contributed by atoms with E-state index in [-0.39, 0.29) is 5.71 Å². The Morgan fingerprint density at radius 2 is 1.81 bits per heavy atom. The molecule has 0 radical (unpaired) electrons. The quantitative estimate of drug-likeness (QED) is 0.463. The van der Waals surface area contributed by atoms with E-state index in [0.29, 0.717) is 22.6 Å². The van der Waals surface area contributed by atoms with E-state index in [1.54, 1.807) is 43.9 Å². The Hall–Kier alpha value is -3.77. The van der Waals surface area contributed by atoms with Crippen LogP contribution in [-0.2, 0) is 4.79 Å². The van der Waals surface area contributed by atoms with Crippen LogP contribution >= 0.6 is 0 Å². The lowest BCUT2D eigenvalue weighted by Crippen LogP contribution is -2.73. The summed E-state index contributed by atoms with van der Waals surface area (Å²) in [4.78, 5) is 13.5. The SMILES string of the molecule is C[NH2+]/C=C(\C(=N)C(=O)C(Nc1cccc(OC)c1)c1ccccc1)c1cccc(F)c1. The first-order chi connectivity index (χ1) is 15.0. The number of ketones is 1. The lowest BCUT2D eigenvalue weighted by atomic mass is 9.92. The number of quaternary nitrogens is 1. The minimum Gasteiger partial charge on any atom is -0.497 e. The van der Waals surface area contributed by atoms with Crippen molar-refractivity contribution in [1.82, 2.24) is 0 Å². The molecular weight excluding hydrogens is 393 g/mol. The van der Waals surface area contributed by atoms with Gasteiger partial charge in [0.2, 0.25) is 5.78 Å². The van der Waals surface area contributed by atoms with Gasteiger partial charge in [-0.25, -0.2) is 4.39 Å². The monoisotopic (exact) mass is 418 g/mol. The van der Waals surface area contributed by atoms with Gasteiger partial charge in [-0.1, -0.05) is 48.5 Å². The van der Waals surface area contributed by atoms with Gasteiger partial charge in [0.1, 0.15) is 29.5 Å². The van der Waals surface area contributed by atoms with Gasteiger partial charge < -0.3 is 15.4 Å². The molecule has 0 aliphatic carbocycles. The summed E-state index contributed by atoms with van der Waals surface area (Å²) in [5, 5.41) is 13.6. The summed E-state index contributed by atoms with van der Waals surface area (Å²) in [7, 11) is 3.37. The van der Waals surface area contributed by atoms with Gasteiger partial charge in [0.05, 0.1) is 19.7 Å². The molecule has 3 aromatic rings. The molecule has 6 heteroatoms. The number of allylic oxidation sites excluding steroid dienone is 1. The molecule has 0 saturated heterocycles. The number of hydrogen-bond acceptors (Lipinski definition) is 4. The van der Waals surface area contributed by atoms with Crippen LogP contribution in [-0.4, -0.2) is 25.7 Å². The second-order valence-corrected chi connectivity index (χ2v) is 6.88. The van der Waals surface area contributed by atoms with Crippen LogP contribution in [0.4, 0.5) is 10.1 Å². The number of anilines is 1. The molecule has 3 aromatic carbocycles. The molecule has 0 aliphatic rings. The molecule has 0 amide bonds. The van der Waals surface area contributed by atoms with Crippen LogP contribution in [0.15, 0.2) is 85.1 Å². The zero-order valence-electron chi connectivity index (χ0n) is 17.4. The molecule has 0 fully saturated rings. The van der Waals surface area contributed by atoms with Crippen molar-refractivity contribution >= 4 is 22.8 Å². The summed E-state index contributed by atoms with van der Waals surface area (Å²) in [5.41, 5.74) is 2.05. The molecule has 5 nitrogen and oxygen atoms in total. The van der Waals surface area contributed by atoms with E-state index in [0.717, 1.165) is 5.56 Å². The van der Waals surface area contributed by atoms with E-state index in [4.69, 9.17) is 10.1 Å². The summed E-state index contributed by atoms with van der Waals surface area (Å²) >= 11 is 0. The van der Waals surface area contributed by atoms with Gasteiger partial charge >= 0.3 is 0 Å². The van der Waals surface area contributed by atoms with Gasteiger partial charge in [0, 0.05) is 11.8 Å². The van der Waals surface area contributed by atoms with Crippen LogP contribution in [0.1, 0.15) is 17.2 Å². The Morgan fingerprint density at radius 1 is 1.06 bits per heavy atom. The number of halogens is 1. The van der Waals surface area contributed by atoms with Crippen molar-refractivity contribution in [2.75, 3.05) is 19.5 Å². The highest BCUT2D eigenvalue weighted by molar-refractivity contribution is 6.56. The van der Waals surface area contributed by atoms with Crippen LogP contribution in [0.2, 0.25) is 0 Å². The summed E-state index contributed by atoms with van der Waals surface area (Å²) in [5.74, 6) is -0.194. The molecule has 3 rings (SSSR count). The fourth-order valence-electron chi connectivity index (χ4n) is 3.25. The van der Waals surface area contributed by atoms with Crippen LogP contribution in [0.3, 0.4) is 0 Å². The first-order valence-corrected chi connectivity index (χ1v) is 9.87. The number of nitrogens with two attached hydrogens (primary N) is 1. The van der Waals surface area contributed by atoms with E-state index in [2.05, 4.69) is 5.32 Å². The average molecular weight is 418 g/mol. The first kappa shape index (κ1) is 21.9. The Kier molecular flexibility index (Phi) is 7.30. The number of carbonyl (C=O) groups is 1. The van der Waals surface area contributed by atoms with E-state index in [9.17, 15) is 9.18 Å². The third kappa shape index (κ3) is 5.43. The summed E-state index contributed by atoms with van der Waals surface area (Å²) < 4.78 is 19.1. The summed E-state index contributed by atoms with van der Waals surface area (Å²) in [6, 6.07) is 21.6. The highest BCUT2D eigenvalue weighted by atomic mass is 19.1. The van der Waals surface area contributed by atoms with E-state index in [1.165, 1.54) is 12.1 Å². The van der Waals surface area contributed by atoms with E-state index in [1.807, 2.05) is 48.5 Å². The van der Waals surface area contributed by atoms with Crippen molar-refractivity contribution in [1.29, 1.82) is 5.41 Å². The van der Waals surface area contributed by atoms with Gasteiger partial charge in [-0.15, -0.1) is 0 Å². The minimum absolute atomic E-state index is 0.201. The normalized spacial score (nSPS) is 12.2. The Morgan fingerprint density at radius 3 is 2.48 bits per heavy atom. The van der Waals surface area contributed by atoms with Crippen molar-refractivity contribution < 1.29 is 19.2 Å². The standard InChI is InChI=1S/C25H24FN3O2/c1-28-16-22(18-10-6-11-19(26)14-18)23(27)25(30)24(17-8-4-3-5-9-17)29-20-12-7-13-21(15-20)31-2/h3-16,24,27-29H,1-2H3/p+1/b22-16-,27-23?. The molecule has 1 atom stereocenters. The molecule has 31 heavy (non-hydrogen) atoms. The second-order valence-electron chi connectivity index (χ2n) is 6.88. The molecule has 0 saturated carbocycles. The zero-order valence-corrected chi connectivity index (χ0v) is 17.4. The maximum Gasteiger partial charge on any atom is 0.207 e. The first-order valence-electron chi connectivity index (χ1n) is 9.87. The van der Waals surface area contributed by atoms with Crippen LogP contribution < -0.4 is 15.4 Å². The van der Waals surface area contributed by atoms with Gasteiger partial charge in [-0.05, 0) is 35.4 Å². The Balaban J connectivity index is 1.98. The second kappa shape index (κ2) is 10.3. The molecule has 0 aliphatic heterocycles. The Bertz CT molecular complexity index is 1100. The number of ether oxygens (including phenoxy) is 1. The van der Waals surface area contributed by atoms with Crippen molar-refractivity contribution in [2.45, 2.75) is 6.04 Å².